The van der Waals surface area contributed by atoms with Crippen molar-refractivity contribution in [2.75, 3.05) is 44.2 Å². The minimum absolute atomic E-state index is 0.853. The van der Waals surface area contributed by atoms with Gasteiger partial charge in [0.05, 0.1) is 6.21 Å². The Bertz CT molecular complexity index is 732. The highest BCUT2D eigenvalue weighted by atomic mass is 35.5. The van der Waals surface area contributed by atoms with Gasteiger partial charge in [0.2, 0.25) is 0 Å². The number of hydrogen-bond acceptors (Lipinski definition) is 4. The first kappa shape index (κ1) is 19.7. The van der Waals surface area contributed by atoms with E-state index in [2.05, 4.69) is 64.1 Å². The third kappa shape index (κ3) is 5.47. The Labute approximate surface area is 168 Å². The van der Waals surface area contributed by atoms with Crippen molar-refractivity contribution < 1.29 is 0 Å². The molecule has 0 spiro atoms. The highest BCUT2D eigenvalue weighted by molar-refractivity contribution is 6.31. The number of hydrogen-bond donors (Lipinski definition) is 0. The Kier molecular flexibility index (Phi) is 7.13. The van der Waals surface area contributed by atoms with Gasteiger partial charge in [0.25, 0.3) is 0 Å². The lowest BCUT2D eigenvalue weighted by Crippen LogP contribution is -2.43. The molecule has 0 atom stereocenters. The molecule has 0 saturated carbocycles. The van der Waals surface area contributed by atoms with Crippen LogP contribution in [0.5, 0.6) is 0 Å². The van der Waals surface area contributed by atoms with Gasteiger partial charge >= 0.3 is 0 Å². The molecule has 0 aromatic heterocycles. The van der Waals surface area contributed by atoms with Crippen LogP contribution >= 0.6 is 11.6 Å². The van der Waals surface area contributed by atoms with Crippen LogP contribution in [0.2, 0.25) is 5.02 Å². The summed E-state index contributed by atoms with van der Waals surface area (Å²) >= 11 is 6.28. The molecule has 1 aliphatic rings. The molecule has 0 unspecified atom stereocenters. The van der Waals surface area contributed by atoms with Crippen LogP contribution in [0.15, 0.2) is 53.6 Å². The van der Waals surface area contributed by atoms with E-state index in [1.807, 2.05) is 24.4 Å². The van der Waals surface area contributed by atoms with Crippen molar-refractivity contribution in [2.45, 2.75) is 20.4 Å². The van der Waals surface area contributed by atoms with E-state index in [0.717, 1.165) is 56.4 Å². The van der Waals surface area contributed by atoms with E-state index in [-0.39, 0.29) is 0 Å². The Hall–Kier alpha value is -2.04. The topological polar surface area (TPSA) is 22.1 Å². The molecule has 1 aliphatic heterocycles. The maximum Gasteiger partial charge on any atom is 0.0542 e. The van der Waals surface area contributed by atoms with Gasteiger partial charge in [-0.3, -0.25) is 9.91 Å². The Balaban J connectivity index is 1.49. The summed E-state index contributed by atoms with van der Waals surface area (Å²) in [5, 5.41) is 7.68. The van der Waals surface area contributed by atoms with Crippen LogP contribution in [-0.4, -0.2) is 55.4 Å². The molecule has 2 aromatic rings. The molecule has 2 aromatic carbocycles. The Morgan fingerprint density at radius 3 is 2.26 bits per heavy atom. The van der Waals surface area contributed by atoms with Gasteiger partial charge in [0, 0.05) is 56.5 Å². The normalized spacial score (nSPS) is 15.4. The molecule has 27 heavy (non-hydrogen) atoms. The van der Waals surface area contributed by atoms with E-state index in [1.165, 1.54) is 11.3 Å². The van der Waals surface area contributed by atoms with Crippen molar-refractivity contribution in [3.05, 3.63) is 64.7 Å². The fourth-order valence-corrected chi connectivity index (χ4v) is 3.58. The molecule has 0 amide bonds. The largest absolute Gasteiger partial charge is 0.372 e. The molecule has 1 saturated heterocycles. The maximum absolute atomic E-state index is 6.28. The molecular formula is C22H29ClN4. The second-order valence-corrected chi connectivity index (χ2v) is 7.24. The quantitative estimate of drug-likeness (QED) is 0.663. The van der Waals surface area contributed by atoms with E-state index in [9.17, 15) is 0 Å². The molecule has 144 valence electrons. The minimum Gasteiger partial charge on any atom is -0.372 e. The van der Waals surface area contributed by atoms with Crippen molar-refractivity contribution in [3.63, 3.8) is 0 Å². The lowest BCUT2D eigenvalue weighted by Gasteiger charge is -2.33. The molecular weight excluding hydrogens is 356 g/mol. The van der Waals surface area contributed by atoms with Crippen LogP contribution < -0.4 is 4.90 Å². The molecule has 0 bridgehead atoms. The van der Waals surface area contributed by atoms with Gasteiger partial charge in [-0.25, -0.2) is 0 Å². The van der Waals surface area contributed by atoms with Gasteiger partial charge in [0.15, 0.2) is 0 Å². The van der Waals surface area contributed by atoms with Crippen LogP contribution in [0, 0.1) is 0 Å². The maximum atomic E-state index is 6.28. The average molecular weight is 385 g/mol. The van der Waals surface area contributed by atoms with Gasteiger partial charge in [-0.15, -0.1) is 0 Å². The molecule has 1 fully saturated rings. The standard InChI is InChI=1S/C22H29ClN4/c1-3-26(4-2)21-11-9-19(10-12-21)17-24-27-15-13-25(14-16-27)18-20-7-5-6-8-22(20)23/h5-12,17H,3-4,13-16,18H2,1-2H3. The second-order valence-electron chi connectivity index (χ2n) is 6.83. The van der Waals surface area contributed by atoms with Crippen molar-refractivity contribution >= 4 is 23.5 Å². The summed E-state index contributed by atoms with van der Waals surface area (Å²) in [6, 6.07) is 16.7. The average Bonchev–Trinajstić information content (AvgIpc) is 2.71. The van der Waals surface area contributed by atoms with E-state index in [1.54, 1.807) is 0 Å². The van der Waals surface area contributed by atoms with Crippen molar-refractivity contribution in [2.24, 2.45) is 5.10 Å². The van der Waals surface area contributed by atoms with E-state index >= 15 is 0 Å². The second kappa shape index (κ2) is 9.77. The number of rotatable bonds is 7. The van der Waals surface area contributed by atoms with Gasteiger partial charge in [-0.1, -0.05) is 41.9 Å². The first-order valence-electron chi connectivity index (χ1n) is 9.79. The molecule has 0 radical (unpaired) electrons. The number of hydrazone groups is 1. The number of halogens is 1. The summed E-state index contributed by atoms with van der Waals surface area (Å²) in [7, 11) is 0. The highest BCUT2D eigenvalue weighted by Crippen LogP contribution is 2.18. The molecule has 1 heterocycles. The van der Waals surface area contributed by atoms with E-state index in [4.69, 9.17) is 11.6 Å². The van der Waals surface area contributed by atoms with Crippen LogP contribution in [0.3, 0.4) is 0 Å². The Morgan fingerprint density at radius 1 is 0.963 bits per heavy atom. The number of benzene rings is 2. The lowest BCUT2D eigenvalue weighted by atomic mass is 10.2. The highest BCUT2D eigenvalue weighted by Gasteiger charge is 2.16. The molecule has 0 aliphatic carbocycles. The molecule has 4 nitrogen and oxygen atoms in total. The third-order valence-corrected chi connectivity index (χ3v) is 5.46. The van der Waals surface area contributed by atoms with Gasteiger partial charge < -0.3 is 4.90 Å². The van der Waals surface area contributed by atoms with E-state index in [0.29, 0.717) is 0 Å². The fourth-order valence-electron chi connectivity index (χ4n) is 3.39. The monoisotopic (exact) mass is 384 g/mol. The zero-order valence-electron chi connectivity index (χ0n) is 16.3. The zero-order chi connectivity index (χ0) is 19.1. The predicted octanol–water partition coefficient (Wildman–Crippen LogP) is 4.34. The van der Waals surface area contributed by atoms with E-state index < -0.39 is 0 Å². The van der Waals surface area contributed by atoms with Gasteiger partial charge in [0.1, 0.15) is 0 Å². The Morgan fingerprint density at radius 2 is 1.63 bits per heavy atom. The van der Waals surface area contributed by atoms with Crippen molar-refractivity contribution in [1.29, 1.82) is 0 Å². The smallest absolute Gasteiger partial charge is 0.0542 e. The fraction of sp³-hybridized carbons (Fsp3) is 0.409. The van der Waals surface area contributed by atoms with Crippen LogP contribution in [0.4, 0.5) is 5.69 Å². The minimum atomic E-state index is 0.853. The molecule has 5 heteroatoms. The number of piperazine rings is 1. The molecule has 0 N–H and O–H groups in total. The SMILES string of the molecule is CCN(CC)c1ccc(C=NN2CCN(Cc3ccccc3Cl)CC2)cc1. The lowest BCUT2D eigenvalue weighted by molar-refractivity contribution is 0.131. The summed E-state index contributed by atoms with van der Waals surface area (Å²) in [4.78, 5) is 4.78. The zero-order valence-corrected chi connectivity index (χ0v) is 17.1. The van der Waals surface area contributed by atoms with Crippen LogP contribution in [0.1, 0.15) is 25.0 Å². The number of anilines is 1. The van der Waals surface area contributed by atoms with Crippen LogP contribution in [0.25, 0.3) is 0 Å². The summed E-state index contributed by atoms with van der Waals surface area (Å²) in [5.41, 5.74) is 3.61. The van der Waals surface area contributed by atoms with Crippen molar-refractivity contribution in [1.82, 2.24) is 9.91 Å². The first-order chi connectivity index (χ1) is 13.2. The summed E-state index contributed by atoms with van der Waals surface area (Å²) < 4.78 is 0. The van der Waals surface area contributed by atoms with Gasteiger partial charge in [-0.05, 0) is 43.2 Å². The van der Waals surface area contributed by atoms with Crippen LogP contribution in [-0.2, 0) is 6.54 Å². The molecule has 3 rings (SSSR count). The third-order valence-electron chi connectivity index (χ3n) is 5.09. The first-order valence-corrected chi connectivity index (χ1v) is 10.2. The predicted molar refractivity (Wildman–Crippen MR) is 116 cm³/mol. The summed E-state index contributed by atoms with van der Waals surface area (Å²) in [6.07, 6.45) is 1.97. The summed E-state index contributed by atoms with van der Waals surface area (Å²) in [6.45, 7) is 11.2. The number of nitrogens with zero attached hydrogens (tertiary/aromatic N) is 4. The summed E-state index contributed by atoms with van der Waals surface area (Å²) in [5.74, 6) is 0. The van der Waals surface area contributed by atoms with Crippen molar-refractivity contribution in [3.8, 4) is 0 Å². The van der Waals surface area contributed by atoms with Gasteiger partial charge in [-0.2, -0.15) is 5.10 Å².